The van der Waals surface area contributed by atoms with Crippen molar-refractivity contribution in [2.45, 2.75) is 32.6 Å². The number of carbonyl (C=O) groups excluding carboxylic acids is 3. The highest BCUT2D eigenvalue weighted by molar-refractivity contribution is 6.23. The van der Waals surface area contributed by atoms with Crippen molar-refractivity contribution in [3.05, 3.63) is 96.1 Å². The molecule has 4 atom stereocenters. The van der Waals surface area contributed by atoms with Gasteiger partial charge in [0.05, 0.1) is 17.5 Å². The van der Waals surface area contributed by atoms with Crippen LogP contribution in [0.2, 0.25) is 0 Å². The van der Waals surface area contributed by atoms with Crippen LogP contribution in [-0.2, 0) is 15.0 Å². The van der Waals surface area contributed by atoms with Crippen LogP contribution in [0.1, 0.15) is 43.1 Å². The molecule has 6 rings (SSSR count). The molecule has 38 heavy (non-hydrogen) atoms. The van der Waals surface area contributed by atoms with Crippen LogP contribution in [-0.4, -0.2) is 17.7 Å². The number of anilines is 2. The van der Waals surface area contributed by atoms with Gasteiger partial charge >= 0.3 is 0 Å². The fourth-order valence-corrected chi connectivity index (χ4v) is 5.91. The predicted molar refractivity (Wildman–Crippen MR) is 146 cm³/mol. The quantitative estimate of drug-likeness (QED) is 0.324. The van der Waals surface area contributed by atoms with Gasteiger partial charge in [-0.15, -0.1) is 0 Å². The Balaban J connectivity index is 1.12. The van der Waals surface area contributed by atoms with Crippen LogP contribution < -0.4 is 15.0 Å². The lowest BCUT2D eigenvalue weighted by Gasteiger charge is -2.19. The summed E-state index contributed by atoms with van der Waals surface area (Å²) in [5.41, 5.74) is 2.75. The second-order valence-electron chi connectivity index (χ2n) is 11.4. The van der Waals surface area contributed by atoms with Crippen LogP contribution >= 0.6 is 0 Å². The van der Waals surface area contributed by atoms with Crippen LogP contribution in [0.25, 0.3) is 0 Å². The molecule has 192 valence electrons. The molecule has 6 heteroatoms. The van der Waals surface area contributed by atoms with E-state index in [1.165, 1.54) is 10.5 Å². The molecular weight excluding hydrogens is 476 g/mol. The van der Waals surface area contributed by atoms with E-state index >= 15 is 0 Å². The van der Waals surface area contributed by atoms with Gasteiger partial charge in [0.1, 0.15) is 11.5 Å². The van der Waals surface area contributed by atoms with Crippen LogP contribution in [0.3, 0.4) is 0 Å². The summed E-state index contributed by atoms with van der Waals surface area (Å²) in [4.78, 5) is 40.6. The molecular formula is C32H30N2O4. The first kappa shape index (κ1) is 24.2. The zero-order valence-corrected chi connectivity index (χ0v) is 21.7. The molecule has 2 bridgehead atoms. The molecule has 0 aromatic heterocycles. The monoisotopic (exact) mass is 506 g/mol. The van der Waals surface area contributed by atoms with Gasteiger partial charge in [0.25, 0.3) is 5.91 Å². The lowest BCUT2D eigenvalue weighted by atomic mass is 9.85. The molecule has 3 aliphatic rings. The minimum atomic E-state index is -0.320. The number of rotatable bonds is 5. The number of fused-ring (bicyclic) bond motifs is 5. The van der Waals surface area contributed by atoms with E-state index in [2.05, 4.69) is 50.4 Å². The van der Waals surface area contributed by atoms with Gasteiger partial charge in [0.2, 0.25) is 11.8 Å². The van der Waals surface area contributed by atoms with Gasteiger partial charge in [0, 0.05) is 11.3 Å². The number of amides is 3. The Labute approximate surface area is 222 Å². The van der Waals surface area contributed by atoms with E-state index in [1.54, 1.807) is 48.5 Å². The Hall–Kier alpha value is -4.19. The summed E-state index contributed by atoms with van der Waals surface area (Å²) in [6, 6.07) is 21.9. The molecule has 1 heterocycles. The number of carbonyl (C=O) groups is 3. The van der Waals surface area contributed by atoms with Crippen molar-refractivity contribution in [1.29, 1.82) is 0 Å². The third kappa shape index (κ3) is 4.20. The molecule has 3 aromatic carbocycles. The molecule has 1 N–H and O–H groups in total. The highest BCUT2D eigenvalue weighted by Crippen LogP contribution is 2.53. The van der Waals surface area contributed by atoms with Crippen molar-refractivity contribution in [3.8, 4) is 11.5 Å². The summed E-state index contributed by atoms with van der Waals surface area (Å²) in [5, 5.41) is 2.88. The van der Waals surface area contributed by atoms with Crippen molar-refractivity contribution in [3.63, 3.8) is 0 Å². The Kier molecular flexibility index (Phi) is 5.71. The van der Waals surface area contributed by atoms with E-state index in [0.717, 1.165) is 12.2 Å². The first-order valence-corrected chi connectivity index (χ1v) is 13.0. The second-order valence-corrected chi connectivity index (χ2v) is 11.4. The molecule has 3 amide bonds. The Morgan fingerprint density at radius 3 is 2.00 bits per heavy atom. The zero-order valence-electron chi connectivity index (χ0n) is 21.7. The highest BCUT2D eigenvalue weighted by atomic mass is 16.5. The van der Waals surface area contributed by atoms with E-state index in [-0.39, 0.29) is 46.8 Å². The zero-order chi connectivity index (χ0) is 26.6. The maximum Gasteiger partial charge on any atom is 0.255 e. The Morgan fingerprint density at radius 1 is 0.842 bits per heavy atom. The molecule has 0 spiro atoms. The number of imide groups is 1. The van der Waals surface area contributed by atoms with Gasteiger partial charge in [0.15, 0.2) is 0 Å². The molecule has 0 unspecified atom stereocenters. The van der Waals surface area contributed by atoms with Crippen LogP contribution in [0, 0.1) is 23.7 Å². The van der Waals surface area contributed by atoms with Crippen molar-refractivity contribution in [1.82, 2.24) is 0 Å². The summed E-state index contributed by atoms with van der Waals surface area (Å²) in [7, 11) is 0. The number of benzene rings is 3. The number of hydrogen-bond acceptors (Lipinski definition) is 4. The van der Waals surface area contributed by atoms with Crippen LogP contribution in [0.5, 0.6) is 11.5 Å². The lowest BCUT2D eigenvalue weighted by molar-refractivity contribution is -0.123. The molecule has 6 nitrogen and oxygen atoms in total. The largest absolute Gasteiger partial charge is 0.457 e. The number of allylic oxidation sites excluding steroid dienone is 2. The van der Waals surface area contributed by atoms with Gasteiger partial charge in [-0.25, -0.2) is 4.90 Å². The van der Waals surface area contributed by atoms with E-state index < -0.39 is 0 Å². The third-order valence-corrected chi connectivity index (χ3v) is 7.91. The van der Waals surface area contributed by atoms with Crippen molar-refractivity contribution >= 4 is 29.1 Å². The maximum atomic E-state index is 13.1. The first-order chi connectivity index (χ1) is 18.2. The van der Waals surface area contributed by atoms with Crippen LogP contribution in [0.15, 0.2) is 84.9 Å². The Morgan fingerprint density at radius 2 is 1.42 bits per heavy atom. The summed E-state index contributed by atoms with van der Waals surface area (Å²) in [6.45, 7) is 6.51. The summed E-state index contributed by atoms with van der Waals surface area (Å²) < 4.78 is 5.95. The molecule has 1 saturated heterocycles. The van der Waals surface area contributed by atoms with Gasteiger partial charge < -0.3 is 10.1 Å². The summed E-state index contributed by atoms with van der Waals surface area (Å²) >= 11 is 0. The number of nitrogens with zero attached hydrogens (tertiary/aromatic N) is 1. The van der Waals surface area contributed by atoms with E-state index in [1.807, 2.05) is 12.1 Å². The minimum Gasteiger partial charge on any atom is -0.457 e. The first-order valence-electron chi connectivity index (χ1n) is 13.0. The molecule has 0 radical (unpaired) electrons. The van der Waals surface area contributed by atoms with Crippen molar-refractivity contribution < 1.29 is 19.1 Å². The number of ether oxygens (including phenoxy) is 1. The second kappa shape index (κ2) is 8.98. The predicted octanol–water partition coefficient (Wildman–Crippen LogP) is 6.34. The highest BCUT2D eigenvalue weighted by Gasteiger charge is 2.59. The summed E-state index contributed by atoms with van der Waals surface area (Å²) in [5.74, 6) is 0.522. The van der Waals surface area contributed by atoms with E-state index in [4.69, 9.17) is 4.74 Å². The molecule has 3 aromatic rings. The van der Waals surface area contributed by atoms with Crippen LogP contribution in [0.4, 0.5) is 11.4 Å². The third-order valence-electron chi connectivity index (χ3n) is 7.91. The van der Waals surface area contributed by atoms with Gasteiger partial charge in [-0.3, -0.25) is 14.4 Å². The average molecular weight is 507 g/mol. The topological polar surface area (TPSA) is 75.7 Å². The standard InChI is InChI=1S/C32H30N2O4/c1-32(2,3)22-9-13-25(14-10-22)38-26-15-11-23(12-16-26)33-29(35)21-5-4-6-24(18-21)34-30(36)27-19-7-8-20(17-19)28(27)31(34)37/h4-16,18-20,27-28H,17H2,1-3H3,(H,33,35)/t19-,20-,27+,28+/m0/s1. The van der Waals surface area contributed by atoms with Crippen molar-refractivity contribution in [2.75, 3.05) is 10.2 Å². The summed E-state index contributed by atoms with van der Waals surface area (Å²) in [6.07, 6.45) is 5.03. The fraction of sp³-hybridized carbons (Fsp3) is 0.281. The van der Waals surface area contributed by atoms with E-state index in [9.17, 15) is 14.4 Å². The SMILES string of the molecule is CC(C)(C)c1ccc(Oc2ccc(NC(=O)c3cccc(N4C(=O)[C@H]5[C@H](C4=O)[C@H]4C=C[C@H]5C4)c3)cc2)cc1. The average Bonchev–Trinajstić information content (AvgIpc) is 3.58. The number of nitrogens with one attached hydrogen (secondary N) is 1. The van der Waals surface area contributed by atoms with E-state index in [0.29, 0.717) is 22.7 Å². The molecule has 1 aliphatic heterocycles. The van der Waals surface area contributed by atoms with Gasteiger partial charge in [-0.1, -0.05) is 51.1 Å². The van der Waals surface area contributed by atoms with Gasteiger partial charge in [-0.2, -0.15) is 0 Å². The lowest BCUT2D eigenvalue weighted by Crippen LogP contribution is -2.33. The normalized spacial score (nSPS) is 23.6. The fourth-order valence-electron chi connectivity index (χ4n) is 5.91. The Bertz CT molecular complexity index is 1420. The molecule has 2 aliphatic carbocycles. The minimum absolute atomic E-state index is 0.0770. The smallest absolute Gasteiger partial charge is 0.255 e. The maximum absolute atomic E-state index is 13.1. The van der Waals surface area contributed by atoms with Gasteiger partial charge in [-0.05, 0) is 83.8 Å². The molecule has 2 fully saturated rings. The van der Waals surface area contributed by atoms with Crippen molar-refractivity contribution in [2.24, 2.45) is 23.7 Å². The molecule has 1 saturated carbocycles. The number of hydrogen-bond donors (Lipinski definition) is 1.